The normalized spacial score (nSPS) is 10.5. The Morgan fingerprint density at radius 1 is 1.04 bits per heavy atom. The number of aryl methyl sites for hydroxylation is 1. The lowest BCUT2D eigenvalue weighted by Gasteiger charge is -2.11. The molecule has 0 spiro atoms. The van der Waals surface area contributed by atoms with Crippen LogP contribution in [0.4, 0.5) is 0 Å². The number of methoxy groups -OCH3 is 1. The minimum Gasteiger partial charge on any atom is -0.493 e. The summed E-state index contributed by atoms with van der Waals surface area (Å²) < 4.78 is 12.8. The van der Waals surface area contributed by atoms with Gasteiger partial charge in [0.2, 0.25) is 0 Å². The van der Waals surface area contributed by atoms with E-state index in [1.165, 1.54) is 5.56 Å². The summed E-state index contributed by atoms with van der Waals surface area (Å²) in [5, 5.41) is 7.52. The monoisotopic (exact) mass is 379 g/mol. The molecule has 0 saturated carbocycles. The highest BCUT2D eigenvalue weighted by Gasteiger charge is 2.13. The number of aromatic nitrogens is 2. The lowest BCUT2D eigenvalue weighted by Crippen LogP contribution is -2.28. The van der Waals surface area contributed by atoms with Crippen molar-refractivity contribution in [1.82, 2.24) is 15.1 Å². The molecule has 0 aliphatic carbocycles. The van der Waals surface area contributed by atoms with Gasteiger partial charge in [0.1, 0.15) is 0 Å². The Bertz CT molecular complexity index is 935. The maximum absolute atomic E-state index is 12.2. The molecule has 0 aliphatic heterocycles. The fraction of sp³-hybridized carbons (Fsp3) is 0.273. The minimum absolute atomic E-state index is 0.0728. The van der Waals surface area contributed by atoms with E-state index in [9.17, 15) is 4.79 Å². The highest BCUT2D eigenvalue weighted by Crippen LogP contribution is 2.25. The molecule has 6 heteroatoms. The zero-order chi connectivity index (χ0) is 19.9. The SMILES string of the molecule is COc1ccccc1OCC(=O)NCc1c(C)nn(Cc2ccccc2)c1C. The summed E-state index contributed by atoms with van der Waals surface area (Å²) in [7, 11) is 1.57. The maximum atomic E-state index is 12.2. The molecule has 1 N–H and O–H groups in total. The summed E-state index contributed by atoms with van der Waals surface area (Å²) in [5.74, 6) is 0.952. The molecule has 0 radical (unpaired) electrons. The number of hydrogen-bond acceptors (Lipinski definition) is 4. The van der Waals surface area contributed by atoms with Crippen LogP contribution in [-0.2, 0) is 17.9 Å². The summed E-state index contributed by atoms with van der Waals surface area (Å²) in [6.45, 7) is 5.03. The van der Waals surface area contributed by atoms with Gasteiger partial charge < -0.3 is 14.8 Å². The van der Waals surface area contributed by atoms with Crippen LogP contribution in [0, 0.1) is 13.8 Å². The molecule has 2 aromatic carbocycles. The Morgan fingerprint density at radius 2 is 1.71 bits per heavy atom. The van der Waals surface area contributed by atoms with Crippen molar-refractivity contribution in [1.29, 1.82) is 0 Å². The standard InChI is InChI=1S/C22H25N3O3/c1-16-19(17(2)25(24-16)14-18-9-5-4-6-10-18)13-23-22(26)15-28-21-12-8-7-11-20(21)27-3/h4-12H,13-15H2,1-3H3,(H,23,26). The summed E-state index contributed by atoms with van der Waals surface area (Å²) in [6, 6.07) is 17.4. The molecule has 0 aliphatic rings. The Morgan fingerprint density at radius 3 is 2.43 bits per heavy atom. The van der Waals surface area contributed by atoms with Crippen LogP contribution in [0.2, 0.25) is 0 Å². The maximum Gasteiger partial charge on any atom is 0.258 e. The molecule has 1 heterocycles. The minimum atomic E-state index is -0.194. The molecule has 146 valence electrons. The molecule has 0 bridgehead atoms. The predicted molar refractivity (Wildman–Crippen MR) is 108 cm³/mol. The number of benzene rings is 2. The molecule has 1 aromatic heterocycles. The van der Waals surface area contributed by atoms with Crippen LogP contribution in [0.5, 0.6) is 11.5 Å². The largest absolute Gasteiger partial charge is 0.493 e. The van der Waals surface area contributed by atoms with Crippen LogP contribution < -0.4 is 14.8 Å². The third-order valence-electron chi connectivity index (χ3n) is 4.60. The molecule has 28 heavy (non-hydrogen) atoms. The Kier molecular flexibility index (Phi) is 6.32. The second-order valence-electron chi connectivity index (χ2n) is 6.51. The zero-order valence-electron chi connectivity index (χ0n) is 16.4. The van der Waals surface area contributed by atoms with Crippen molar-refractivity contribution in [2.24, 2.45) is 0 Å². The number of nitrogens with one attached hydrogen (secondary N) is 1. The van der Waals surface area contributed by atoms with Gasteiger partial charge in [-0.2, -0.15) is 5.10 Å². The van der Waals surface area contributed by atoms with E-state index in [4.69, 9.17) is 9.47 Å². The summed E-state index contributed by atoms with van der Waals surface area (Å²) in [6.07, 6.45) is 0. The van der Waals surface area contributed by atoms with Gasteiger partial charge >= 0.3 is 0 Å². The van der Waals surface area contributed by atoms with E-state index in [2.05, 4.69) is 22.5 Å². The van der Waals surface area contributed by atoms with E-state index < -0.39 is 0 Å². The molecule has 3 aromatic rings. The molecule has 0 unspecified atom stereocenters. The highest BCUT2D eigenvalue weighted by molar-refractivity contribution is 5.77. The molecule has 1 amide bonds. The van der Waals surface area contributed by atoms with Crippen LogP contribution in [0.15, 0.2) is 54.6 Å². The lowest BCUT2D eigenvalue weighted by atomic mass is 10.2. The fourth-order valence-corrected chi connectivity index (χ4v) is 3.02. The van der Waals surface area contributed by atoms with Crippen molar-refractivity contribution in [3.8, 4) is 11.5 Å². The third kappa shape index (κ3) is 4.71. The number of carbonyl (C=O) groups excluding carboxylic acids is 1. The first-order chi connectivity index (χ1) is 13.6. The summed E-state index contributed by atoms with van der Waals surface area (Å²) >= 11 is 0. The van der Waals surface area contributed by atoms with E-state index in [1.807, 2.05) is 48.9 Å². The Labute approximate surface area is 165 Å². The van der Waals surface area contributed by atoms with Gasteiger partial charge in [-0.1, -0.05) is 42.5 Å². The number of ether oxygens (including phenoxy) is 2. The van der Waals surface area contributed by atoms with E-state index in [0.717, 1.165) is 17.0 Å². The van der Waals surface area contributed by atoms with E-state index in [-0.39, 0.29) is 12.5 Å². The van der Waals surface area contributed by atoms with Gasteiger partial charge in [-0.25, -0.2) is 0 Å². The van der Waals surface area contributed by atoms with Crippen molar-refractivity contribution < 1.29 is 14.3 Å². The van der Waals surface area contributed by atoms with E-state index in [0.29, 0.717) is 24.6 Å². The van der Waals surface area contributed by atoms with Crippen LogP contribution in [-0.4, -0.2) is 29.4 Å². The van der Waals surface area contributed by atoms with E-state index in [1.54, 1.807) is 19.2 Å². The first-order valence-electron chi connectivity index (χ1n) is 9.17. The quantitative estimate of drug-likeness (QED) is 0.652. The second kappa shape index (κ2) is 9.08. The van der Waals surface area contributed by atoms with Gasteiger partial charge in [0, 0.05) is 17.8 Å². The number of nitrogens with zero attached hydrogens (tertiary/aromatic N) is 2. The van der Waals surface area contributed by atoms with Crippen molar-refractivity contribution >= 4 is 5.91 Å². The van der Waals surface area contributed by atoms with Crippen molar-refractivity contribution in [3.63, 3.8) is 0 Å². The van der Waals surface area contributed by atoms with Crippen LogP contribution in [0.3, 0.4) is 0 Å². The molecular weight excluding hydrogens is 354 g/mol. The average molecular weight is 379 g/mol. The average Bonchev–Trinajstić information content (AvgIpc) is 2.98. The first kappa shape index (κ1) is 19.5. The number of rotatable bonds is 8. The molecule has 3 rings (SSSR count). The van der Waals surface area contributed by atoms with Crippen LogP contribution in [0.25, 0.3) is 0 Å². The summed E-state index contributed by atoms with van der Waals surface area (Å²) in [5.41, 5.74) is 4.18. The van der Waals surface area contributed by atoms with Gasteiger partial charge in [0.05, 0.1) is 19.3 Å². The van der Waals surface area contributed by atoms with Gasteiger partial charge in [-0.15, -0.1) is 0 Å². The highest BCUT2D eigenvalue weighted by atomic mass is 16.5. The van der Waals surface area contributed by atoms with Crippen molar-refractivity contribution in [2.45, 2.75) is 26.9 Å². The van der Waals surface area contributed by atoms with Crippen molar-refractivity contribution in [3.05, 3.63) is 77.1 Å². The zero-order valence-corrected chi connectivity index (χ0v) is 16.4. The molecule has 0 fully saturated rings. The Hall–Kier alpha value is -3.28. The number of carbonyl (C=O) groups is 1. The van der Waals surface area contributed by atoms with Gasteiger partial charge in [-0.05, 0) is 31.5 Å². The Balaban J connectivity index is 1.57. The van der Waals surface area contributed by atoms with Gasteiger partial charge in [-0.3, -0.25) is 9.48 Å². The van der Waals surface area contributed by atoms with Crippen molar-refractivity contribution in [2.75, 3.05) is 13.7 Å². The third-order valence-corrected chi connectivity index (χ3v) is 4.60. The molecule has 6 nitrogen and oxygen atoms in total. The topological polar surface area (TPSA) is 65.4 Å². The van der Waals surface area contributed by atoms with Gasteiger partial charge in [0.15, 0.2) is 18.1 Å². The number of para-hydroxylation sites is 2. The van der Waals surface area contributed by atoms with E-state index >= 15 is 0 Å². The molecule has 0 atom stereocenters. The van der Waals surface area contributed by atoms with Crippen LogP contribution >= 0.6 is 0 Å². The number of hydrogen-bond donors (Lipinski definition) is 1. The smallest absolute Gasteiger partial charge is 0.258 e. The lowest BCUT2D eigenvalue weighted by molar-refractivity contribution is -0.123. The number of amides is 1. The molecular formula is C22H25N3O3. The summed E-state index contributed by atoms with van der Waals surface area (Å²) in [4.78, 5) is 12.2. The second-order valence-corrected chi connectivity index (χ2v) is 6.51. The predicted octanol–water partition coefficient (Wildman–Crippen LogP) is 3.25. The first-order valence-corrected chi connectivity index (χ1v) is 9.17. The van der Waals surface area contributed by atoms with Gasteiger partial charge in [0.25, 0.3) is 5.91 Å². The fourth-order valence-electron chi connectivity index (χ4n) is 3.02. The molecule has 0 saturated heterocycles. The van der Waals surface area contributed by atoms with Crippen LogP contribution in [0.1, 0.15) is 22.5 Å².